The van der Waals surface area contributed by atoms with Crippen LogP contribution in [-0.4, -0.2) is 47.1 Å². The Morgan fingerprint density at radius 3 is 1.72 bits per heavy atom. The second-order valence-electron chi connectivity index (χ2n) is 8.24. The topological polar surface area (TPSA) is 52.6 Å². The summed E-state index contributed by atoms with van der Waals surface area (Å²) in [6.45, 7) is 12.0. The maximum atomic E-state index is 11.9. The highest BCUT2D eigenvalue weighted by atomic mass is 16.5. The van der Waals surface area contributed by atoms with Crippen molar-refractivity contribution >= 4 is 23.5 Å². The molecule has 0 saturated carbocycles. The molecule has 5 nitrogen and oxygen atoms in total. The Morgan fingerprint density at radius 2 is 1.23 bits per heavy atom. The van der Waals surface area contributed by atoms with E-state index in [4.69, 9.17) is 4.74 Å². The van der Waals surface area contributed by atoms with E-state index in [0.29, 0.717) is 12.0 Å². The number of allylic oxidation sites excluding steroid dienone is 1. The zero-order chi connectivity index (χ0) is 30.3. The van der Waals surface area contributed by atoms with Crippen LogP contribution < -0.4 is 9.22 Å². The van der Waals surface area contributed by atoms with Crippen molar-refractivity contribution in [3.05, 3.63) is 102 Å². The fourth-order valence-electron chi connectivity index (χ4n) is 2.97. The minimum Gasteiger partial charge on any atom is -0.496 e. The SMILES string of the molecule is CC.CC.CC.COC(=O)Cc1ccc([N+](C)(C)C)cc1.COc1ccccc1C=CC(=O)c1ccccc1. The molecule has 0 amide bonds. The van der Waals surface area contributed by atoms with E-state index in [1.54, 1.807) is 31.4 Å². The van der Waals surface area contributed by atoms with Gasteiger partial charge >= 0.3 is 5.97 Å². The number of methoxy groups -OCH3 is 2. The summed E-state index contributed by atoms with van der Waals surface area (Å²) in [5, 5.41) is 0. The van der Waals surface area contributed by atoms with Crippen LogP contribution in [0.3, 0.4) is 0 Å². The lowest BCUT2D eigenvalue weighted by Crippen LogP contribution is -2.34. The number of ether oxygens (including phenoxy) is 2. The average Bonchev–Trinajstić information content (AvgIpc) is 2.99. The van der Waals surface area contributed by atoms with E-state index in [2.05, 4.69) is 25.9 Å². The summed E-state index contributed by atoms with van der Waals surface area (Å²) < 4.78 is 10.6. The lowest BCUT2D eigenvalue weighted by Gasteiger charge is -2.23. The largest absolute Gasteiger partial charge is 0.496 e. The number of quaternary nitrogens is 1. The molecular formula is C34H50NO4+. The van der Waals surface area contributed by atoms with Gasteiger partial charge in [0, 0.05) is 11.1 Å². The van der Waals surface area contributed by atoms with Crippen LogP contribution >= 0.6 is 0 Å². The third kappa shape index (κ3) is 15.3. The van der Waals surface area contributed by atoms with Crippen LogP contribution in [0.1, 0.15) is 63.0 Å². The average molecular weight is 537 g/mol. The Balaban J connectivity index is 0. The molecule has 0 aromatic heterocycles. The minimum absolute atomic E-state index is 0.0125. The third-order valence-corrected chi connectivity index (χ3v) is 4.90. The zero-order valence-electron chi connectivity index (χ0n) is 25.9. The van der Waals surface area contributed by atoms with Gasteiger partial charge < -0.3 is 9.47 Å². The number of para-hydroxylation sites is 1. The van der Waals surface area contributed by atoms with E-state index < -0.39 is 0 Å². The highest BCUT2D eigenvalue weighted by molar-refractivity contribution is 6.06. The summed E-state index contributed by atoms with van der Waals surface area (Å²) in [4.78, 5) is 22.9. The van der Waals surface area contributed by atoms with Crippen molar-refractivity contribution in [2.24, 2.45) is 0 Å². The predicted molar refractivity (Wildman–Crippen MR) is 169 cm³/mol. The van der Waals surface area contributed by atoms with Gasteiger partial charge in [-0.05, 0) is 35.9 Å². The van der Waals surface area contributed by atoms with Crippen molar-refractivity contribution in [1.29, 1.82) is 0 Å². The fourth-order valence-corrected chi connectivity index (χ4v) is 2.97. The Hall–Kier alpha value is -3.70. The molecule has 0 atom stereocenters. The monoisotopic (exact) mass is 536 g/mol. The summed E-state index contributed by atoms with van der Waals surface area (Å²) in [7, 11) is 9.34. The molecular weight excluding hydrogens is 486 g/mol. The summed E-state index contributed by atoms with van der Waals surface area (Å²) in [5.74, 6) is 0.545. The van der Waals surface area contributed by atoms with Crippen LogP contribution in [0.25, 0.3) is 6.08 Å². The number of nitrogens with zero attached hydrogens (tertiary/aromatic N) is 1. The second kappa shape index (κ2) is 22.3. The van der Waals surface area contributed by atoms with E-state index in [1.807, 2.05) is 108 Å². The van der Waals surface area contributed by atoms with Crippen LogP contribution in [0.2, 0.25) is 0 Å². The summed E-state index contributed by atoms with van der Waals surface area (Å²) in [6, 6.07) is 24.8. The van der Waals surface area contributed by atoms with Crippen molar-refractivity contribution in [3.8, 4) is 5.75 Å². The van der Waals surface area contributed by atoms with Crippen molar-refractivity contribution in [1.82, 2.24) is 4.48 Å². The number of esters is 1. The number of carbonyl (C=O) groups is 2. The molecule has 0 heterocycles. The number of carbonyl (C=O) groups excluding carboxylic acids is 2. The van der Waals surface area contributed by atoms with Crippen molar-refractivity contribution in [2.75, 3.05) is 35.4 Å². The van der Waals surface area contributed by atoms with Gasteiger partial charge in [0.05, 0.1) is 41.8 Å². The molecule has 3 aromatic rings. The number of hydrogen-bond donors (Lipinski definition) is 0. The quantitative estimate of drug-likeness (QED) is 0.132. The molecule has 0 spiro atoms. The van der Waals surface area contributed by atoms with Crippen molar-refractivity contribution < 1.29 is 19.1 Å². The maximum Gasteiger partial charge on any atom is 0.309 e. The molecule has 39 heavy (non-hydrogen) atoms. The van der Waals surface area contributed by atoms with Crippen LogP contribution in [0.5, 0.6) is 5.75 Å². The lowest BCUT2D eigenvalue weighted by molar-refractivity contribution is -0.139. The van der Waals surface area contributed by atoms with Crippen LogP contribution in [0.15, 0.2) is 84.9 Å². The molecule has 0 N–H and O–H groups in total. The van der Waals surface area contributed by atoms with Gasteiger partial charge in [-0.25, -0.2) is 0 Å². The number of benzene rings is 3. The van der Waals surface area contributed by atoms with Gasteiger partial charge in [0.25, 0.3) is 0 Å². The first-order chi connectivity index (χ1) is 18.7. The minimum atomic E-state index is -0.201. The molecule has 214 valence electrons. The van der Waals surface area contributed by atoms with Gasteiger partial charge in [0.15, 0.2) is 5.78 Å². The van der Waals surface area contributed by atoms with E-state index in [0.717, 1.165) is 21.4 Å². The Labute approximate surface area is 237 Å². The third-order valence-electron chi connectivity index (χ3n) is 4.90. The van der Waals surface area contributed by atoms with Gasteiger partial charge in [0.2, 0.25) is 0 Å². The standard InChI is InChI=1S/C16H14O2.C12H18NO2.3C2H6/c1-18-16-10-6-5-9-14(16)11-12-15(17)13-7-3-2-4-8-13;1-13(2,3)11-7-5-10(6-8-11)9-12(14)15-4;3*1-2/h2-12H,1H3;5-8H,9H2,1-4H3;3*1-2H3/q;+1;;;. The molecule has 0 aliphatic heterocycles. The van der Waals surface area contributed by atoms with Crippen LogP contribution in [0.4, 0.5) is 5.69 Å². The fraction of sp³-hybridized carbons (Fsp3) is 0.353. The van der Waals surface area contributed by atoms with E-state index in [1.165, 1.54) is 12.8 Å². The highest BCUT2D eigenvalue weighted by Gasteiger charge is 2.11. The zero-order valence-corrected chi connectivity index (χ0v) is 25.9. The Bertz CT molecular complexity index is 1070. The molecule has 0 fully saturated rings. The van der Waals surface area contributed by atoms with Gasteiger partial charge in [-0.2, -0.15) is 0 Å². The highest BCUT2D eigenvalue weighted by Crippen LogP contribution is 2.19. The van der Waals surface area contributed by atoms with Crippen molar-refractivity contribution in [3.63, 3.8) is 0 Å². The molecule has 0 saturated heterocycles. The van der Waals surface area contributed by atoms with Crippen molar-refractivity contribution in [2.45, 2.75) is 48.0 Å². The smallest absolute Gasteiger partial charge is 0.309 e. The van der Waals surface area contributed by atoms with E-state index in [-0.39, 0.29) is 11.8 Å². The van der Waals surface area contributed by atoms with E-state index in [9.17, 15) is 9.59 Å². The molecule has 3 aromatic carbocycles. The van der Waals surface area contributed by atoms with Crippen LogP contribution in [0, 0.1) is 0 Å². The first kappa shape index (κ1) is 37.5. The first-order valence-corrected chi connectivity index (χ1v) is 13.6. The predicted octanol–water partition coefficient (Wildman–Crippen LogP) is 8.27. The summed E-state index contributed by atoms with van der Waals surface area (Å²) in [6.07, 6.45) is 3.68. The molecule has 0 bridgehead atoms. The van der Waals surface area contributed by atoms with Gasteiger partial charge in [0.1, 0.15) is 11.4 Å². The molecule has 5 heteroatoms. The Kier molecular flexibility index (Phi) is 21.4. The first-order valence-electron chi connectivity index (χ1n) is 13.6. The van der Waals surface area contributed by atoms with Gasteiger partial charge in [-0.15, -0.1) is 0 Å². The normalized spacial score (nSPS) is 9.62. The van der Waals surface area contributed by atoms with Gasteiger partial charge in [-0.3, -0.25) is 14.1 Å². The Morgan fingerprint density at radius 1 is 0.718 bits per heavy atom. The summed E-state index contributed by atoms with van der Waals surface area (Å²) in [5.41, 5.74) is 3.77. The number of rotatable bonds is 7. The molecule has 0 aliphatic carbocycles. The number of hydrogen-bond acceptors (Lipinski definition) is 4. The molecule has 3 rings (SSSR count). The van der Waals surface area contributed by atoms with Gasteiger partial charge in [-0.1, -0.05) is 102 Å². The number of ketones is 1. The molecule has 0 unspecified atom stereocenters. The molecule has 0 aliphatic rings. The maximum absolute atomic E-state index is 11.9. The van der Waals surface area contributed by atoms with E-state index >= 15 is 0 Å². The molecule has 0 radical (unpaired) electrons. The van der Waals surface area contributed by atoms with Crippen LogP contribution in [-0.2, 0) is 16.0 Å². The second-order valence-corrected chi connectivity index (χ2v) is 8.24. The summed E-state index contributed by atoms with van der Waals surface area (Å²) >= 11 is 0. The lowest BCUT2D eigenvalue weighted by atomic mass is 10.1.